The summed E-state index contributed by atoms with van der Waals surface area (Å²) >= 11 is 0. The standard InChI is InChI=1S/C18H20N2O.ClH/c1-12-6-5-7-15(10-12)11-20-14(3)13(2)16-8-9-19-18(21-4)17(16)20;/h5-10H,11H2,1-4H3;1H. The van der Waals surface area contributed by atoms with Crippen LogP contribution in [0.25, 0.3) is 10.9 Å². The Morgan fingerprint density at radius 2 is 1.91 bits per heavy atom. The van der Waals surface area contributed by atoms with Crippen molar-refractivity contribution in [2.45, 2.75) is 27.3 Å². The molecule has 0 saturated heterocycles. The molecular formula is C18H21ClN2O. The first-order valence-corrected chi connectivity index (χ1v) is 7.15. The average Bonchev–Trinajstić information content (AvgIpc) is 2.73. The summed E-state index contributed by atoms with van der Waals surface area (Å²) in [6.45, 7) is 7.27. The maximum atomic E-state index is 5.47. The number of aromatic nitrogens is 2. The van der Waals surface area contributed by atoms with E-state index in [9.17, 15) is 0 Å². The minimum atomic E-state index is 0. The summed E-state index contributed by atoms with van der Waals surface area (Å²) in [6, 6.07) is 10.7. The molecule has 0 unspecified atom stereocenters. The largest absolute Gasteiger partial charge is 0.479 e. The van der Waals surface area contributed by atoms with Crippen molar-refractivity contribution in [1.29, 1.82) is 0 Å². The van der Waals surface area contributed by atoms with Gasteiger partial charge in [0.15, 0.2) is 0 Å². The van der Waals surface area contributed by atoms with Crippen LogP contribution in [0.15, 0.2) is 36.5 Å². The number of rotatable bonds is 3. The van der Waals surface area contributed by atoms with E-state index in [1.54, 1.807) is 7.11 Å². The number of pyridine rings is 1. The van der Waals surface area contributed by atoms with Crippen molar-refractivity contribution in [2.24, 2.45) is 0 Å². The second kappa shape index (κ2) is 6.41. The van der Waals surface area contributed by atoms with Gasteiger partial charge in [0.05, 0.1) is 7.11 Å². The molecule has 22 heavy (non-hydrogen) atoms. The first-order valence-electron chi connectivity index (χ1n) is 7.15. The summed E-state index contributed by atoms with van der Waals surface area (Å²) in [5, 5.41) is 1.21. The lowest BCUT2D eigenvalue weighted by atomic mass is 10.1. The monoisotopic (exact) mass is 316 g/mol. The minimum Gasteiger partial charge on any atom is -0.479 e. The lowest BCUT2D eigenvalue weighted by Gasteiger charge is -2.11. The molecule has 2 heterocycles. The number of halogens is 1. The Labute approximate surface area is 137 Å². The highest BCUT2D eigenvalue weighted by atomic mass is 35.5. The number of hydrogen-bond donors (Lipinski definition) is 0. The van der Waals surface area contributed by atoms with Crippen LogP contribution in [-0.2, 0) is 6.54 Å². The van der Waals surface area contributed by atoms with Gasteiger partial charge in [0, 0.05) is 23.8 Å². The Kier molecular flexibility index (Phi) is 4.77. The van der Waals surface area contributed by atoms with Crippen LogP contribution >= 0.6 is 12.4 Å². The fourth-order valence-corrected chi connectivity index (χ4v) is 2.90. The van der Waals surface area contributed by atoms with E-state index in [-0.39, 0.29) is 12.4 Å². The zero-order valence-corrected chi connectivity index (χ0v) is 14.2. The van der Waals surface area contributed by atoms with Gasteiger partial charge >= 0.3 is 0 Å². The van der Waals surface area contributed by atoms with E-state index in [4.69, 9.17) is 4.74 Å². The lowest BCUT2D eigenvalue weighted by Crippen LogP contribution is -2.03. The number of nitrogens with zero attached hydrogens (tertiary/aromatic N) is 2. The number of benzene rings is 1. The molecule has 3 nitrogen and oxygen atoms in total. The summed E-state index contributed by atoms with van der Waals surface area (Å²) in [7, 11) is 1.68. The Hall–Kier alpha value is -2.00. The van der Waals surface area contributed by atoms with Gasteiger partial charge in [-0.25, -0.2) is 4.98 Å². The Morgan fingerprint density at radius 3 is 2.59 bits per heavy atom. The topological polar surface area (TPSA) is 27.1 Å². The van der Waals surface area contributed by atoms with E-state index in [1.807, 2.05) is 6.20 Å². The molecule has 1 aromatic carbocycles. The highest BCUT2D eigenvalue weighted by Crippen LogP contribution is 2.31. The van der Waals surface area contributed by atoms with Gasteiger partial charge in [-0.2, -0.15) is 0 Å². The smallest absolute Gasteiger partial charge is 0.238 e. The highest BCUT2D eigenvalue weighted by Gasteiger charge is 2.15. The third-order valence-electron chi connectivity index (χ3n) is 4.13. The van der Waals surface area contributed by atoms with Gasteiger partial charge in [-0.05, 0) is 38.0 Å². The van der Waals surface area contributed by atoms with Gasteiger partial charge < -0.3 is 9.30 Å². The molecule has 0 aliphatic carbocycles. The average molecular weight is 317 g/mol. The summed E-state index contributed by atoms with van der Waals surface area (Å²) in [5.74, 6) is 0.691. The van der Waals surface area contributed by atoms with E-state index in [0.29, 0.717) is 5.88 Å². The summed E-state index contributed by atoms with van der Waals surface area (Å²) < 4.78 is 7.76. The Morgan fingerprint density at radius 1 is 1.14 bits per heavy atom. The normalized spacial score (nSPS) is 10.5. The van der Waals surface area contributed by atoms with E-state index in [2.05, 4.69) is 60.7 Å². The fourth-order valence-electron chi connectivity index (χ4n) is 2.90. The van der Waals surface area contributed by atoms with Crippen LogP contribution in [0, 0.1) is 20.8 Å². The van der Waals surface area contributed by atoms with E-state index in [0.717, 1.165) is 12.1 Å². The van der Waals surface area contributed by atoms with Gasteiger partial charge in [-0.1, -0.05) is 29.8 Å². The second-order valence-corrected chi connectivity index (χ2v) is 5.50. The van der Waals surface area contributed by atoms with Crippen LogP contribution in [-0.4, -0.2) is 16.7 Å². The molecule has 0 aliphatic heterocycles. The van der Waals surface area contributed by atoms with E-state index < -0.39 is 0 Å². The lowest BCUT2D eigenvalue weighted by molar-refractivity contribution is 0.401. The van der Waals surface area contributed by atoms with Gasteiger partial charge in [-0.15, -0.1) is 12.4 Å². The minimum absolute atomic E-state index is 0. The molecule has 0 fully saturated rings. The molecule has 0 N–H and O–H groups in total. The number of aryl methyl sites for hydroxylation is 2. The fraction of sp³-hybridized carbons (Fsp3) is 0.278. The Balaban J connectivity index is 0.00000176. The molecule has 3 rings (SSSR count). The number of hydrogen-bond acceptors (Lipinski definition) is 2. The summed E-state index contributed by atoms with van der Waals surface area (Å²) in [5.41, 5.74) is 6.21. The molecule has 2 aromatic heterocycles. The molecular weight excluding hydrogens is 296 g/mol. The number of methoxy groups -OCH3 is 1. The highest BCUT2D eigenvalue weighted by molar-refractivity contribution is 5.89. The third-order valence-corrected chi connectivity index (χ3v) is 4.13. The molecule has 0 amide bonds. The number of ether oxygens (including phenoxy) is 1. The third kappa shape index (κ3) is 2.69. The second-order valence-electron chi connectivity index (χ2n) is 5.50. The molecule has 0 aliphatic rings. The van der Waals surface area contributed by atoms with Crippen molar-refractivity contribution >= 4 is 23.3 Å². The quantitative estimate of drug-likeness (QED) is 0.714. The van der Waals surface area contributed by atoms with Crippen molar-refractivity contribution in [3.05, 3.63) is 58.9 Å². The molecule has 116 valence electrons. The van der Waals surface area contributed by atoms with Crippen LogP contribution in [0.4, 0.5) is 0 Å². The van der Waals surface area contributed by atoms with Crippen molar-refractivity contribution in [3.63, 3.8) is 0 Å². The van der Waals surface area contributed by atoms with Crippen LogP contribution in [0.2, 0.25) is 0 Å². The van der Waals surface area contributed by atoms with Crippen LogP contribution in [0.1, 0.15) is 22.4 Å². The summed E-state index contributed by atoms with van der Waals surface area (Å²) in [4.78, 5) is 4.36. The molecule has 0 bridgehead atoms. The van der Waals surface area contributed by atoms with Gasteiger partial charge in [-0.3, -0.25) is 0 Å². The van der Waals surface area contributed by atoms with Crippen molar-refractivity contribution < 1.29 is 4.74 Å². The van der Waals surface area contributed by atoms with Crippen molar-refractivity contribution in [3.8, 4) is 5.88 Å². The van der Waals surface area contributed by atoms with Gasteiger partial charge in [0.2, 0.25) is 5.88 Å². The Bertz CT molecular complexity index is 808. The predicted octanol–water partition coefficient (Wildman–Crippen LogP) is 4.44. The number of fused-ring (bicyclic) bond motifs is 1. The zero-order valence-electron chi connectivity index (χ0n) is 13.4. The summed E-state index contributed by atoms with van der Waals surface area (Å²) in [6.07, 6.45) is 1.81. The first-order chi connectivity index (χ1) is 10.1. The molecule has 4 heteroatoms. The molecule has 3 aromatic rings. The van der Waals surface area contributed by atoms with Crippen LogP contribution in [0.5, 0.6) is 5.88 Å². The molecule has 0 atom stereocenters. The molecule has 0 spiro atoms. The van der Waals surface area contributed by atoms with Gasteiger partial charge in [0.1, 0.15) is 5.52 Å². The maximum Gasteiger partial charge on any atom is 0.238 e. The maximum absolute atomic E-state index is 5.47. The van der Waals surface area contributed by atoms with E-state index in [1.165, 1.54) is 27.8 Å². The molecule has 0 saturated carbocycles. The zero-order chi connectivity index (χ0) is 15.0. The molecule has 0 radical (unpaired) electrons. The van der Waals surface area contributed by atoms with Crippen molar-refractivity contribution in [1.82, 2.24) is 9.55 Å². The van der Waals surface area contributed by atoms with Gasteiger partial charge in [0.25, 0.3) is 0 Å². The first kappa shape index (κ1) is 16.4. The SMILES string of the molecule is COc1nccc2c(C)c(C)n(Cc3cccc(C)c3)c12.Cl. The predicted molar refractivity (Wildman–Crippen MR) is 93.3 cm³/mol. The van der Waals surface area contributed by atoms with Crippen LogP contribution in [0.3, 0.4) is 0 Å². The van der Waals surface area contributed by atoms with E-state index >= 15 is 0 Å². The van der Waals surface area contributed by atoms with Crippen LogP contribution < -0.4 is 4.74 Å². The van der Waals surface area contributed by atoms with Crippen molar-refractivity contribution in [2.75, 3.05) is 7.11 Å².